The zero-order valence-electron chi connectivity index (χ0n) is 10.8. The second-order valence-corrected chi connectivity index (χ2v) is 7.89. The van der Waals surface area contributed by atoms with E-state index in [1.54, 1.807) is 0 Å². The van der Waals surface area contributed by atoms with Crippen LogP contribution in [-0.2, 0) is 0 Å². The summed E-state index contributed by atoms with van der Waals surface area (Å²) in [6.45, 7) is 0.503. The Bertz CT molecular complexity index is 883. The van der Waals surface area contributed by atoms with E-state index in [4.69, 9.17) is 4.42 Å². The molecule has 3 aromatic rings. The van der Waals surface area contributed by atoms with Crippen LogP contribution in [-0.4, -0.2) is 18.6 Å². The number of hydrogen-bond donors (Lipinski definition) is 0. The average molecular weight is 510 g/mol. The minimum absolute atomic E-state index is 0.0918. The second-order valence-electron chi connectivity index (χ2n) is 5.00. The fourth-order valence-electron chi connectivity index (χ4n) is 2.83. The first-order valence-corrected chi connectivity index (χ1v) is 8.78. The van der Waals surface area contributed by atoms with E-state index in [0.717, 1.165) is 11.2 Å². The van der Waals surface area contributed by atoms with Gasteiger partial charge in [0.1, 0.15) is 0 Å². The third-order valence-corrected chi connectivity index (χ3v) is 7.34. The van der Waals surface area contributed by atoms with Gasteiger partial charge in [0.15, 0.2) is 0 Å². The van der Waals surface area contributed by atoms with Gasteiger partial charge in [-0.2, -0.15) is 0 Å². The van der Waals surface area contributed by atoms with Crippen molar-refractivity contribution < 1.29 is 4.42 Å². The molecule has 2 aliphatic rings. The number of fused-ring (bicyclic) bond motifs is 7. The number of rotatable bonds is 0. The molecule has 1 unspecified atom stereocenters. The van der Waals surface area contributed by atoms with Crippen molar-refractivity contribution in [3.8, 4) is 0 Å². The van der Waals surface area contributed by atoms with Gasteiger partial charge in [0.2, 0.25) is 0 Å². The normalized spacial score (nSPS) is 19.4. The van der Waals surface area contributed by atoms with Gasteiger partial charge in [-0.25, -0.2) is 0 Å². The van der Waals surface area contributed by atoms with E-state index in [2.05, 4.69) is 53.5 Å². The molecule has 5 rings (SSSR count). The molecule has 0 radical (unpaired) electrons. The van der Waals surface area contributed by atoms with Gasteiger partial charge in [0.05, 0.1) is 0 Å². The van der Waals surface area contributed by atoms with E-state index >= 15 is 0 Å². The van der Waals surface area contributed by atoms with Gasteiger partial charge < -0.3 is 0 Å². The van der Waals surface area contributed by atoms with Crippen LogP contribution in [0.4, 0.5) is 5.69 Å². The maximum atomic E-state index is 6.16. The third kappa shape index (κ3) is 0.937. The fourth-order valence-corrected chi connectivity index (χ4v) is 6.02. The molecule has 4 heteroatoms. The Labute approximate surface area is 111 Å². The number of nitrogens with zero attached hydrogens (tertiary/aromatic N) is 2. The first-order chi connectivity index (χ1) is 9.83. The van der Waals surface area contributed by atoms with Gasteiger partial charge in [-0.3, -0.25) is 0 Å². The van der Waals surface area contributed by atoms with Crippen molar-refractivity contribution in [2.45, 2.75) is 6.67 Å². The Morgan fingerprint density at radius 3 is 2.90 bits per heavy atom. The summed E-state index contributed by atoms with van der Waals surface area (Å²) in [5.41, 5.74) is 3.31. The van der Waals surface area contributed by atoms with Crippen molar-refractivity contribution in [2.24, 2.45) is 0 Å². The zero-order chi connectivity index (χ0) is 13.3. The zero-order valence-corrected chi connectivity index (χ0v) is 12.9. The van der Waals surface area contributed by atoms with Crippen LogP contribution in [0.1, 0.15) is 0 Å². The molecule has 20 heavy (non-hydrogen) atoms. The molecule has 0 spiro atoms. The molecule has 1 atom stereocenters. The predicted octanol–water partition coefficient (Wildman–Crippen LogP) is 2.82. The fraction of sp³-hybridized carbons (Fsp3) is 0.125. The Morgan fingerprint density at radius 2 is 1.95 bits per heavy atom. The Hall–Kier alpha value is -3.42. The number of benzene rings is 2. The SMILES string of the molecule is CN1C=CN2c3[c](ccc4c3oc3ccccc34)[Lr][CH]12. The van der Waals surface area contributed by atoms with E-state index in [9.17, 15) is 0 Å². The Morgan fingerprint density at radius 1 is 1.05 bits per heavy atom. The molecule has 107 valence electrons. The van der Waals surface area contributed by atoms with Crippen molar-refractivity contribution in [3.63, 3.8) is 0 Å². The number of hydrogen-bond acceptors (Lipinski definition) is 3. The van der Waals surface area contributed by atoms with Gasteiger partial charge in [-0.05, 0) is 0 Å². The van der Waals surface area contributed by atoms with Gasteiger partial charge in [-0.15, -0.1) is 0 Å². The van der Waals surface area contributed by atoms with Crippen LogP contribution in [0.3, 0.4) is 0 Å². The molecule has 2 aliphatic heterocycles. The summed E-state index contributed by atoms with van der Waals surface area (Å²) in [4.78, 5) is 4.68. The van der Waals surface area contributed by atoms with Crippen molar-refractivity contribution in [1.82, 2.24) is 4.90 Å². The van der Waals surface area contributed by atoms with Crippen LogP contribution in [0.25, 0.3) is 21.9 Å². The summed E-state index contributed by atoms with van der Waals surface area (Å²) in [7, 11) is 2.15. The topological polar surface area (TPSA) is 19.6 Å². The number of furan rings is 1. The van der Waals surface area contributed by atoms with Gasteiger partial charge >= 0.3 is 110 Å². The number of anilines is 1. The molecule has 0 bridgehead atoms. The van der Waals surface area contributed by atoms with Crippen LogP contribution in [0.15, 0.2) is 53.2 Å². The number of para-hydroxylation sites is 1. The molecular formula is C16H12LrN2O. The molecule has 1 aromatic heterocycles. The van der Waals surface area contributed by atoms with E-state index in [-0.39, 0.29) is 0 Å². The molecule has 0 fully saturated rings. The van der Waals surface area contributed by atoms with Gasteiger partial charge in [0.25, 0.3) is 0 Å². The molecule has 3 heterocycles. The molecule has 3 nitrogen and oxygen atoms in total. The van der Waals surface area contributed by atoms with E-state index in [0.29, 0.717) is 6.67 Å². The van der Waals surface area contributed by atoms with Crippen molar-refractivity contribution in [2.75, 3.05) is 11.9 Å². The third-order valence-electron chi connectivity index (χ3n) is 3.77. The van der Waals surface area contributed by atoms with Crippen molar-refractivity contribution in [3.05, 3.63) is 48.8 Å². The van der Waals surface area contributed by atoms with E-state index in [1.807, 2.05) is 12.1 Å². The first kappa shape index (κ1) is 9.50. The Balaban J connectivity index is 1.88. The molecule has 0 saturated heterocycles. The maximum absolute atomic E-state index is 6.16. The van der Waals surface area contributed by atoms with Crippen LogP contribution >= 0.6 is 0 Å². The Kier molecular flexibility index (Phi) is 1.40. The summed E-state index contributed by atoms with van der Waals surface area (Å²) < 4.78 is 6.25. The summed E-state index contributed by atoms with van der Waals surface area (Å²) in [6.07, 6.45) is 4.34. The standard InChI is InChI=1S/C16H12N2O.Lr/c1-17-9-10-18(11-17)14-7-4-6-13-12-5-2-3-8-15(12)19-16(13)14;/h2-6,8-11H,1H3;. The van der Waals surface area contributed by atoms with Gasteiger partial charge in [-0.1, -0.05) is 0 Å². The summed E-state index contributed by atoms with van der Waals surface area (Å²) >= 11 is 0. The molecular weight excluding hydrogens is 498 g/mol. The van der Waals surface area contributed by atoms with E-state index in [1.165, 1.54) is 22.5 Å². The second kappa shape index (κ2) is 2.94. The van der Waals surface area contributed by atoms with Crippen LogP contribution < -0.4 is 11.0 Å². The van der Waals surface area contributed by atoms with Crippen LogP contribution in [0, 0.1) is 0 Å². The van der Waals surface area contributed by atoms with E-state index < -0.39 is 0 Å². The molecule has 0 amide bonds. The summed E-state index contributed by atoms with van der Waals surface area (Å²) in [5, 5.41) is 2.44. The minimum atomic E-state index is 0.0918. The quantitative estimate of drug-likeness (QED) is 0.464. The molecule has 0 aliphatic carbocycles. The molecule has 0 saturated carbocycles. The predicted molar refractivity (Wildman–Crippen MR) is 76.5 cm³/mol. The van der Waals surface area contributed by atoms with Crippen molar-refractivity contribution >= 4 is 33.7 Å². The van der Waals surface area contributed by atoms with Crippen LogP contribution in [0.5, 0.6) is 0 Å². The summed E-state index contributed by atoms with van der Waals surface area (Å²) in [6, 6.07) is 14.3. The molecule has 0 N–H and O–H groups in total. The molecule has 2 aromatic carbocycles. The first-order valence-electron chi connectivity index (χ1n) is 6.46. The van der Waals surface area contributed by atoms with Crippen LogP contribution in [0.2, 0.25) is 0 Å². The van der Waals surface area contributed by atoms with Crippen molar-refractivity contribution in [1.29, 1.82) is 0 Å². The monoisotopic (exact) mass is 510 g/mol. The summed E-state index contributed by atoms with van der Waals surface area (Å²) in [5.74, 6) is 0. The van der Waals surface area contributed by atoms with Gasteiger partial charge in [0, 0.05) is 0 Å². The average Bonchev–Trinajstić information content (AvgIpc) is 3.11.